The molecule has 0 saturated carbocycles. The van der Waals surface area contributed by atoms with Crippen molar-refractivity contribution < 1.29 is 0 Å². The largest absolute Gasteiger partial charge is 0.247 e. The first-order valence-corrected chi connectivity index (χ1v) is 4.23. The first kappa shape index (κ1) is 10.9. The summed E-state index contributed by atoms with van der Waals surface area (Å²) in [6, 6.07) is 0.560. The zero-order chi connectivity index (χ0) is 9.23. The number of hydrogen-bond donors (Lipinski definition) is 0. The monoisotopic (exact) mass is 158 g/mol. The Bertz CT molecular complexity index is 103. The second-order valence-corrected chi connectivity index (χ2v) is 4.46. The average molecular weight is 158 g/mol. The van der Waals surface area contributed by atoms with E-state index in [2.05, 4.69) is 58.7 Å². The lowest BCUT2D eigenvalue weighted by atomic mass is 10.1. The highest BCUT2D eigenvalue weighted by Crippen LogP contribution is 2.17. The second-order valence-electron chi connectivity index (χ2n) is 4.46. The van der Waals surface area contributed by atoms with Gasteiger partial charge >= 0.3 is 0 Å². The molecule has 0 rings (SSSR count). The first-order chi connectivity index (χ1) is 4.76. The molecule has 0 bridgehead atoms. The Balaban J connectivity index is 4.35. The molecule has 0 heterocycles. The normalized spacial score (nSPS) is 13.6. The summed E-state index contributed by atoms with van der Waals surface area (Å²) < 4.78 is 0. The summed E-state index contributed by atoms with van der Waals surface area (Å²) in [4.78, 5) is 0. The van der Waals surface area contributed by atoms with E-state index in [-0.39, 0.29) is 5.54 Å². The molecule has 0 aromatic heterocycles. The molecule has 0 fully saturated rings. The third-order valence-corrected chi connectivity index (χ3v) is 1.61. The van der Waals surface area contributed by atoms with Crippen molar-refractivity contribution in [2.45, 2.75) is 46.2 Å². The Morgan fingerprint density at radius 3 is 1.36 bits per heavy atom. The average Bonchev–Trinajstić information content (AvgIpc) is 1.54. The highest BCUT2D eigenvalue weighted by molar-refractivity contribution is 4.75. The van der Waals surface area contributed by atoms with Crippen LogP contribution in [0.2, 0.25) is 0 Å². The van der Waals surface area contributed by atoms with Crippen LogP contribution in [0.4, 0.5) is 0 Å². The Hall–Kier alpha value is -0.0800. The fraction of sp³-hybridized carbons (Fsp3) is 1.00. The molecule has 0 aromatic rings. The predicted molar refractivity (Wildman–Crippen MR) is 50.4 cm³/mol. The molecule has 0 aliphatic heterocycles. The molecule has 0 amide bonds. The lowest BCUT2D eigenvalue weighted by molar-refractivity contribution is -0.0795. The predicted octanol–water partition coefficient (Wildman–Crippen LogP) is 1.97. The molecule has 0 unspecified atom stereocenters. The summed E-state index contributed by atoms with van der Waals surface area (Å²) in [5.41, 5.74) is 0.220. The molecule has 0 aliphatic rings. The maximum Gasteiger partial charge on any atom is 0.0274 e. The third kappa shape index (κ3) is 3.21. The molecule has 2 nitrogen and oxygen atoms in total. The van der Waals surface area contributed by atoms with Crippen molar-refractivity contribution in [3.05, 3.63) is 0 Å². The molecule has 2 heteroatoms. The lowest BCUT2D eigenvalue weighted by Crippen LogP contribution is -2.53. The molecule has 0 radical (unpaired) electrons. The van der Waals surface area contributed by atoms with Crippen molar-refractivity contribution in [3.8, 4) is 0 Å². The van der Waals surface area contributed by atoms with Crippen molar-refractivity contribution in [1.82, 2.24) is 10.0 Å². The highest BCUT2D eigenvalue weighted by atomic mass is 15.6. The summed E-state index contributed by atoms with van der Waals surface area (Å²) in [5, 5.41) is 4.51. The maximum atomic E-state index is 2.35. The van der Waals surface area contributed by atoms with Crippen LogP contribution < -0.4 is 0 Å². The molecule has 0 saturated heterocycles. The van der Waals surface area contributed by atoms with Gasteiger partial charge in [-0.25, -0.2) is 10.0 Å². The van der Waals surface area contributed by atoms with Crippen LogP contribution in [-0.2, 0) is 0 Å². The molecule has 0 N–H and O–H groups in total. The van der Waals surface area contributed by atoms with Gasteiger partial charge in [-0.3, -0.25) is 0 Å². The van der Waals surface area contributed by atoms with E-state index in [4.69, 9.17) is 0 Å². The van der Waals surface area contributed by atoms with Crippen molar-refractivity contribution in [2.24, 2.45) is 0 Å². The van der Waals surface area contributed by atoms with Crippen molar-refractivity contribution in [3.63, 3.8) is 0 Å². The smallest absolute Gasteiger partial charge is 0.0274 e. The van der Waals surface area contributed by atoms with Gasteiger partial charge in [-0.05, 0) is 34.6 Å². The summed E-state index contributed by atoms with van der Waals surface area (Å²) in [6.07, 6.45) is 0. The van der Waals surface area contributed by atoms with E-state index in [0.29, 0.717) is 6.04 Å². The van der Waals surface area contributed by atoms with E-state index in [1.807, 2.05) is 0 Å². The first-order valence-electron chi connectivity index (χ1n) is 4.23. The van der Waals surface area contributed by atoms with Crippen molar-refractivity contribution >= 4 is 0 Å². The van der Waals surface area contributed by atoms with Crippen LogP contribution in [0.25, 0.3) is 0 Å². The van der Waals surface area contributed by atoms with Crippen LogP contribution in [0.5, 0.6) is 0 Å². The Morgan fingerprint density at radius 2 is 1.36 bits per heavy atom. The van der Waals surface area contributed by atoms with E-state index in [0.717, 1.165) is 0 Å². The quantitative estimate of drug-likeness (QED) is 0.567. The minimum absolute atomic E-state index is 0.220. The standard InChI is InChI=1S/C9H22N2/c1-8(2)11(10(6)7)9(3,4)5/h8H,1-7H3. The summed E-state index contributed by atoms with van der Waals surface area (Å²) >= 11 is 0. The van der Waals surface area contributed by atoms with Gasteiger partial charge in [-0.15, -0.1) is 0 Å². The number of rotatable bonds is 2. The van der Waals surface area contributed by atoms with Gasteiger partial charge in [0.1, 0.15) is 0 Å². The van der Waals surface area contributed by atoms with Crippen molar-refractivity contribution in [1.29, 1.82) is 0 Å². The van der Waals surface area contributed by atoms with E-state index in [1.165, 1.54) is 0 Å². The van der Waals surface area contributed by atoms with Gasteiger partial charge in [-0.1, -0.05) is 0 Å². The van der Waals surface area contributed by atoms with Crippen LogP contribution in [-0.4, -0.2) is 35.7 Å². The van der Waals surface area contributed by atoms with Crippen molar-refractivity contribution in [2.75, 3.05) is 14.1 Å². The van der Waals surface area contributed by atoms with Gasteiger partial charge < -0.3 is 0 Å². The van der Waals surface area contributed by atoms with Gasteiger partial charge in [0.15, 0.2) is 0 Å². The molecular weight excluding hydrogens is 136 g/mol. The second kappa shape index (κ2) is 3.55. The van der Waals surface area contributed by atoms with Crippen LogP contribution in [0.1, 0.15) is 34.6 Å². The van der Waals surface area contributed by atoms with E-state index >= 15 is 0 Å². The number of hydrogen-bond acceptors (Lipinski definition) is 2. The third-order valence-electron chi connectivity index (χ3n) is 1.61. The fourth-order valence-corrected chi connectivity index (χ4v) is 1.84. The Kier molecular flexibility index (Phi) is 3.52. The minimum Gasteiger partial charge on any atom is -0.247 e. The summed E-state index contributed by atoms with van der Waals surface area (Å²) in [6.45, 7) is 11.1. The van der Waals surface area contributed by atoms with E-state index < -0.39 is 0 Å². The topological polar surface area (TPSA) is 6.48 Å². The molecule has 0 atom stereocenters. The van der Waals surface area contributed by atoms with Gasteiger partial charge in [0.2, 0.25) is 0 Å². The zero-order valence-corrected chi connectivity index (χ0v) is 8.97. The number of nitrogens with zero attached hydrogens (tertiary/aromatic N) is 2. The molecule has 0 aromatic carbocycles. The Labute approximate surface area is 71.1 Å². The molecule has 0 spiro atoms. The summed E-state index contributed by atoms with van der Waals surface area (Å²) in [5.74, 6) is 0. The van der Waals surface area contributed by atoms with Crippen LogP contribution in [0, 0.1) is 0 Å². The zero-order valence-electron chi connectivity index (χ0n) is 8.97. The Morgan fingerprint density at radius 1 is 1.00 bits per heavy atom. The van der Waals surface area contributed by atoms with E-state index in [9.17, 15) is 0 Å². The van der Waals surface area contributed by atoms with Crippen LogP contribution in [0.15, 0.2) is 0 Å². The van der Waals surface area contributed by atoms with Crippen LogP contribution in [0.3, 0.4) is 0 Å². The minimum atomic E-state index is 0.220. The summed E-state index contributed by atoms with van der Waals surface area (Å²) in [7, 11) is 4.18. The van der Waals surface area contributed by atoms with E-state index in [1.54, 1.807) is 0 Å². The maximum absolute atomic E-state index is 2.35. The van der Waals surface area contributed by atoms with Gasteiger partial charge in [0.05, 0.1) is 0 Å². The van der Waals surface area contributed by atoms with Gasteiger partial charge in [-0.2, -0.15) is 0 Å². The molecule has 0 aliphatic carbocycles. The molecule has 68 valence electrons. The van der Waals surface area contributed by atoms with Gasteiger partial charge in [0, 0.05) is 25.7 Å². The van der Waals surface area contributed by atoms with Gasteiger partial charge in [0.25, 0.3) is 0 Å². The molecule has 11 heavy (non-hydrogen) atoms. The fourth-order valence-electron chi connectivity index (χ4n) is 1.84. The highest BCUT2D eigenvalue weighted by Gasteiger charge is 2.25. The lowest BCUT2D eigenvalue weighted by Gasteiger charge is -2.43. The number of hydrazine groups is 1. The van der Waals surface area contributed by atoms with Crippen LogP contribution >= 0.6 is 0 Å². The molecular formula is C9H22N2. The SMILES string of the molecule is CC(C)N(N(C)C)C(C)(C)C.